The maximum atomic E-state index is 11.9. The summed E-state index contributed by atoms with van der Waals surface area (Å²) in [4.78, 5) is 11.9. The Labute approximate surface area is 128 Å². The summed E-state index contributed by atoms with van der Waals surface area (Å²) in [6.07, 6.45) is 1.80. The number of hydrogen-bond acceptors (Lipinski definition) is 2. The van der Waals surface area contributed by atoms with E-state index in [1.54, 1.807) is 16.8 Å². The van der Waals surface area contributed by atoms with Gasteiger partial charge in [0.2, 0.25) is 0 Å². The summed E-state index contributed by atoms with van der Waals surface area (Å²) in [7, 11) is 0. The fraction of sp³-hybridized carbons (Fsp3) is 0.214. The molecular formula is C14H14Br2N2O. The summed E-state index contributed by atoms with van der Waals surface area (Å²) >= 11 is 6.64. The minimum atomic E-state index is -0.0195. The fourth-order valence-electron chi connectivity index (χ4n) is 1.72. The number of nitrogens with one attached hydrogen (secondary N) is 1. The van der Waals surface area contributed by atoms with Crippen LogP contribution in [0.5, 0.6) is 0 Å². The Morgan fingerprint density at radius 2 is 1.89 bits per heavy atom. The number of aryl methyl sites for hydroxylation is 1. The molecular weight excluding hydrogens is 372 g/mol. The van der Waals surface area contributed by atoms with E-state index in [0.29, 0.717) is 17.6 Å². The third-order valence-electron chi connectivity index (χ3n) is 2.74. The van der Waals surface area contributed by atoms with Crippen LogP contribution in [0.4, 0.5) is 5.69 Å². The van der Waals surface area contributed by atoms with Crippen molar-refractivity contribution in [1.29, 1.82) is 0 Å². The van der Waals surface area contributed by atoms with Crippen molar-refractivity contribution < 1.29 is 0 Å². The lowest BCUT2D eigenvalue weighted by Gasteiger charge is -2.09. The van der Waals surface area contributed by atoms with E-state index in [1.807, 2.05) is 12.1 Å². The molecule has 1 heterocycles. The van der Waals surface area contributed by atoms with Gasteiger partial charge in [0.1, 0.15) is 0 Å². The van der Waals surface area contributed by atoms with Crippen molar-refractivity contribution in [2.24, 2.45) is 0 Å². The molecule has 0 fully saturated rings. The molecule has 0 atom stereocenters. The number of aromatic nitrogens is 1. The normalized spacial score (nSPS) is 10.5. The van der Waals surface area contributed by atoms with Crippen molar-refractivity contribution in [3.8, 4) is 0 Å². The van der Waals surface area contributed by atoms with Gasteiger partial charge in [-0.15, -0.1) is 0 Å². The number of nitrogens with zero attached hydrogens (tertiary/aromatic N) is 1. The average molecular weight is 386 g/mol. The van der Waals surface area contributed by atoms with Gasteiger partial charge in [0.25, 0.3) is 5.56 Å². The first-order valence-electron chi connectivity index (χ1n) is 5.92. The van der Waals surface area contributed by atoms with Crippen molar-refractivity contribution >= 4 is 37.5 Å². The summed E-state index contributed by atoms with van der Waals surface area (Å²) in [5, 5.41) is 3.30. The molecule has 2 rings (SSSR count). The molecule has 0 amide bonds. The van der Waals surface area contributed by atoms with Crippen LogP contribution >= 0.6 is 31.9 Å². The predicted molar refractivity (Wildman–Crippen MR) is 85.8 cm³/mol. The lowest BCUT2D eigenvalue weighted by atomic mass is 10.2. The molecule has 100 valence electrons. The summed E-state index contributed by atoms with van der Waals surface area (Å²) in [5.74, 6) is 0. The van der Waals surface area contributed by atoms with Crippen LogP contribution in [0.25, 0.3) is 0 Å². The summed E-state index contributed by atoms with van der Waals surface area (Å²) < 4.78 is 3.13. The highest BCUT2D eigenvalue weighted by molar-refractivity contribution is 9.11. The predicted octanol–water partition coefficient (Wildman–Crippen LogP) is 3.79. The lowest BCUT2D eigenvalue weighted by Crippen LogP contribution is -2.23. The largest absolute Gasteiger partial charge is 0.383 e. The highest BCUT2D eigenvalue weighted by Gasteiger charge is 2.02. The Balaban J connectivity index is 2.00. The Kier molecular flexibility index (Phi) is 4.82. The lowest BCUT2D eigenvalue weighted by molar-refractivity contribution is 0.692. The smallest absolute Gasteiger partial charge is 0.264 e. The first-order chi connectivity index (χ1) is 9.06. The van der Waals surface area contributed by atoms with Crippen LogP contribution in [-0.4, -0.2) is 11.1 Å². The van der Waals surface area contributed by atoms with Gasteiger partial charge in [0.15, 0.2) is 0 Å². The van der Waals surface area contributed by atoms with Gasteiger partial charge in [-0.3, -0.25) is 4.79 Å². The van der Waals surface area contributed by atoms with Crippen LogP contribution in [0, 0.1) is 6.92 Å². The second-order valence-electron chi connectivity index (χ2n) is 4.30. The Hall–Kier alpha value is -1.07. The van der Waals surface area contributed by atoms with Gasteiger partial charge in [-0.2, -0.15) is 0 Å². The molecule has 1 aromatic carbocycles. The maximum absolute atomic E-state index is 11.9. The van der Waals surface area contributed by atoms with Crippen molar-refractivity contribution in [2.45, 2.75) is 13.5 Å². The van der Waals surface area contributed by atoms with E-state index in [1.165, 1.54) is 5.56 Å². The first-order valence-corrected chi connectivity index (χ1v) is 7.51. The van der Waals surface area contributed by atoms with Gasteiger partial charge in [0, 0.05) is 29.4 Å². The number of pyridine rings is 1. The minimum absolute atomic E-state index is 0.0195. The highest BCUT2D eigenvalue weighted by Crippen LogP contribution is 2.13. The van der Waals surface area contributed by atoms with E-state index in [0.717, 1.165) is 10.2 Å². The molecule has 0 saturated heterocycles. The average Bonchev–Trinajstić information content (AvgIpc) is 2.37. The molecule has 0 unspecified atom stereocenters. The van der Waals surface area contributed by atoms with Crippen LogP contribution in [0.1, 0.15) is 5.56 Å². The van der Waals surface area contributed by atoms with Gasteiger partial charge in [0.05, 0.1) is 4.47 Å². The molecule has 1 aromatic heterocycles. The summed E-state index contributed by atoms with van der Waals surface area (Å²) in [5.41, 5.74) is 2.28. The van der Waals surface area contributed by atoms with E-state index in [9.17, 15) is 4.79 Å². The Morgan fingerprint density at radius 1 is 1.21 bits per heavy atom. The molecule has 0 bridgehead atoms. The second kappa shape index (κ2) is 6.39. The number of rotatable bonds is 4. The topological polar surface area (TPSA) is 34.0 Å². The molecule has 0 aliphatic rings. The number of hydrogen-bond donors (Lipinski definition) is 1. The molecule has 0 spiro atoms. The minimum Gasteiger partial charge on any atom is -0.383 e. The fourth-order valence-corrected chi connectivity index (χ4v) is 2.98. The monoisotopic (exact) mass is 384 g/mol. The zero-order chi connectivity index (χ0) is 13.8. The Morgan fingerprint density at radius 3 is 2.58 bits per heavy atom. The maximum Gasteiger partial charge on any atom is 0.264 e. The van der Waals surface area contributed by atoms with Crippen molar-refractivity contribution in [3.63, 3.8) is 0 Å². The zero-order valence-corrected chi connectivity index (χ0v) is 13.7. The van der Waals surface area contributed by atoms with Gasteiger partial charge in [-0.05, 0) is 57.0 Å². The van der Waals surface area contributed by atoms with E-state index < -0.39 is 0 Å². The van der Waals surface area contributed by atoms with Crippen LogP contribution in [0.15, 0.2) is 50.3 Å². The highest BCUT2D eigenvalue weighted by atomic mass is 79.9. The summed E-state index contributed by atoms with van der Waals surface area (Å²) in [6, 6.07) is 9.95. The van der Waals surface area contributed by atoms with Crippen molar-refractivity contribution in [3.05, 3.63) is 61.4 Å². The molecule has 5 heteroatoms. The van der Waals surface area contributed by atoms with E-state index in [2.05, 4.69) is 56.2 Å². The van der Waals surface area contributed by atoms with E-state index in [-0.39, 0.29) is 5.56 Å². The van der Waals surface area contributed by atoms with E-state index >= 15 is 0 Å². The third kappa shape index (κ3) is 3.94. The standard InChI is InChI=1S/C14H14Br2N2O/c1-10-2-4-12(5-3-10)17-6-7-18-9-11(15)8-13(16)14(18)19/h2-5,8-9,17H,6-7H2,1H3. The Bertz CT molecular complexity index is 620. The molecule has 0 saturated carbocycles. The second-order valence-corrected chi connectivity index (χ2v) is 6.07. The first kappa shape index (κ1) is 14.3. The van der Waals surface area contributed by atoms with Crippen molar-refractivity contribution in [1.82, 2.24) is 4.57 Å². The van der Waals surface area contributed by atoms with Crippen LogP contribution in [0.3, 0.4) is 0 Å². The summed E-state index contributed by atoms with van der Waals surface area (Å²) in [6.45, 7) is 3.37. The molecule has 2 aromatic rings. The van der Waals surface area contributed by atoms with Crippen LogP contribution in [0.2, 0.25) is 0 Å². The molecule has 0 radical (unpaired) electrons. The number of benzene rings is 1. The quantitative estimate of drug-likeness (QED) is 0.868. The van der Waals surface area contributed by atoms with Crippen LogP contribution < -0.4 is 10.9 Å². The van der Waals surface area contributed by atoms with Gasteiger partial charge in [-0.1, -0.05) is 17.7 Å². The molecule has 0 aliphatic carbocycles. The van der Waals surface area contributed by atoms with Gasteiger partial charge < -0.3 is 9.88 Å². The molecule has 1 N–H and O–H groups in total. The molecule has 0 aliphatic heterocycles. The van der Waals surface area contributed by atoms with E-state index in [4.69, 9.17) is 0 Å². The van der Waals surface area contributed by atoms with Crippen LogP contribution in [-0.2, 0) is 6.54 Å². The third-order valence-corrected chi connectivity index (χ3v) is 3.74. The molecule has 19 heavy (non-hydrogen) atoms. The number of halogens is 2. The van der Waals surface area contributed by atoms with Gasteiger partial charge in [-0.25, -0.2) is 0 Å². The van der Waals surface area contributed by atoms with Gasteiger partial charge >= 0.3 is 0 Å². The zero-order valence-electron chi connectivity index (χ0n) is 10.5. The molecule has 3 nitrogen and oxygen atoms in total. The SMILES string of the molecule is Cc1ccc(NCCn2cc(Br)cc(Br)c2=O)cc1. The van der Waals surface area contributed by atoms with Crippen molar-refractivity contribution in [2.75, 3.05) is 11.9 Å². The number of anilines is 1.